The van der Waals surface area contributed by atoms with Gasteiger partial charge in [0, 0.05) is 30.0 Å². The number of hydrogen-bond donors (Lipinski definition) is 1. The van der Waals surface area contributed by atoms with E-state index in [1.165, 1.54) is 0 Å². The van der Waals surface area contributed by atoms with Crippen LogP contribution in [0.25, 0.3) is 0 Å². The summed E-state index contributed by atoms with van der Waals surface area (Å²) in [6.45, 7) is 6.58. The molecule has 1 saturated heterocycles. The van der Waals surface area contributed by atoms with Gasteiger partial charge < -0.3 is 4.90 Å². The van der Waals surface area contributed by atoms with Gasteiger partial charge in [0.25, 0.3) is 0 Å². The van der Waals surface area contributed by atoms with E-state index in [4.69, 9.17) is 0 Å². The van der Waals surface area contributed by atoms with E-state index in [1.54, 1.807) is 0 Å². The molecule has 1 amide bonds. The van der Waals surface area contributed by atoms with E-state index in [1.807, 2.05) is 56.0 Å². The van der Waals surface area contributed by atoms with Gasteiger partial charge in [-0.05, 0) is 51.0 Å². The van der Waals surface area contributed by atoms with Crippen molar-refractivity contribution < 1.29 is 4.79 Å². The zero-order chi connectivity index (χ0) is 17.1. The number of rotatable bonds is 4. The van der Waals surface area contributed by atoms with Gasteiger partial charge in [0.2, 0.25) is 11.9 Å². The molecule has 6 nitrogen and oxygen atoms in total. The van der Waals surface area contributed by atoms with Crippen LogP contribution in [0.2, 0.25) is 0 Å². The van der Waals surface area contributed by atoms with Crippen LogP contribution in [0.1, 0.15) is 36.7 Å². The fraction of sp³-hybridized carbons (Fsp3) is 0.333. The fourth-order valence-electron chi connectivity index (χ4n) is 2.78. The first-order valence-electron chi connectivity index (χ1n) is 8.06. The highest BCUT2D eigenvalue weighted by Gasteiger charge is 2.21. The van der Waals surface area contributed by atoms with Gasteiger partial charge in [-0.1, -0.05) is 12.1 Å². The van der Waals surface area contributed by atoms with Gasteiger partial charge in [-0.25, -0.2) is 15.4 Å². The lowest BCUT2D eigenvalue weighted by Crippen LogP contribution is -2.23. The molecule has 6 heteroatoms. The van der Waals surface area contributed by atoms with Crippen LogP contribution in [0, 0.1) is 13.8 Å². The molecule has 3 rings (SSSR count). The number of benzene rings is 1. The lowest BCUT2D eigenvalue weighted by atomic mass is 10.1. The van der Waals surface area contributed by atoms with Crippen LogP contribution >= 0.6 is 0 Å². The number of nitrogens with one attached hydrogen (secondary N) is 1. The summed E-state index contributed by atoms with van der Waals surface area (Å²) in [5, 5.41) is 4.35. The molecule has 1 N–H and O–H groups in total. The van der Waals surface area contributed by atoms with Crippen LogP contribution in [-0.2, 0) is 4.79 Å². The number of carbonyl (C=O) groups is 1. The second-order valence-corrected chi connectivity index (χ2v) is 5.98. The molecule has 0 unspecified atom stereocenters. The van der Waals surface area contributed by atoms with Gasteiger partial charge in [0.15, 0.2) is 0 Å². The summed E-state index contributed by atoms with van der Waals surface area (Å²) in [6, 6.07) is 9.80. The van der Waals surface area contributed by atoms with E-state index in [0.717, 1.165) is 41.3 Å². The van der Waals surface area contributed by atoms with Gasteiger partial charge in [-0.3, -0.25) is 4.79 Å². The summed E-state index contributed by atoms with van der Waals surface area (Å²) >= 11 is 0. The largest absolute Gasteiger partial charge is 0.312 e. The quantitative estimate of drug-likeness (QED) is 0.693. The van der Waals surface area contributed by atoms with Gasteiger partial charge in [-0.15, -0.1) is 0 Å². The molecule has 0 bridgehead atoms. The number of nitrogens with zero attached hydrogens (tertiary/aromatic N) is 4. The Balaban J connectivity index is 1.72. The maximum Gasteiger partial charge on any atom is 0.243 e. The molecular weight excluding hydrogens is 302 g/mol. The highest BCUT2D eigenvalue weighted by molar-refractivity contribution is 6.00. The number of anilines is 2. The van der Waals surface area contributed by atoms with Crippen LogP contribution in [0.5, 0.6) is 0 Å². The third-order valence-corrected chi connectivity index (χ3v) is 3.98. The van der Waals surface area contributed by atoms with E-state index >= 15 is 0 Å². The molecule has 1 aliphatic rings. The molecule has 1 aromatic heterocycles. The predicted octanol–water partition coefficient (Wildman–Crippen LogP) is 3.06. The number of carbonyl (C=O) groups excluding carboxylic acids is 1. The van der Waals surface area contributed by atoms with E-state index in [-0.39, 0.29) is 5.91 Å². The smallest absolute Gasteiger partial charge is 0.243 e. The van der Waals surface area contributed by atoms with E-state index in [2.05, 4.69) is 20.5 Å². The van der Waals surface area contributed by atoms with Crippen molar-refractivity contribution in [2.75, 3.05) is 16.9 Å². The second-order valence-electron chi connectivity index (χ2n) is 5.98. The topological polar surface area (TPSA) is 70.5 Å². The zero-order valence-electron chi connectivity index (χ0n) is 14.2. The summed E-state index contributed by atoms with van der Waals surface area (Å²) in [6.07, 6.45) is 1.57. The molecule has 2 heterocycles. The van der Waals surface area contributed by atoms with Crippen LogP contribution in [0.15, 0.2) is 35.4 Å². The van der Waals surface area contributed by atoms with Crippen molar-refractivity contribution in [3.05, 3.63) is 47.3 Å². The van der Waals surface area contributed by atoms with Crippen LogP contribution in [-0.4, -0.2) is 28.1 Å². The molecule has 0 saturated carbocycles. The molecule has 1 aliphatic heterocycles. The van der Waals surface area contributed by atoms with E-state index < -0.39 is 0 Å². The Morgan fingerprint density at radius 3 is 2.42 bits per heavy atom. The minimum atomic E-state index is 0.196. The number of aryl methyl sites for hydroxylation is 2. The third-order valence-electron chi connectivity index (χ3n) is 3.98. The zero-order valence-corrected chi connectivity index (χ0v) is 14.2. The van der Waals surface area contributed by atoms with Crippen molar-refractivity contribution in [1.82, 2.24) is 9.97 Å². The molecule has 0 aliphatic carbocycles. The standard InChI is InChI=1S/C18H21N5O/c1-12-11-13(2)20-18(19-12)22-21-14(3)15-6-8-16(9-7-15)23-10-4-5-17(23)24/h6-9,11H,4-5,10H2,1-3H3,(H,19,20,22)/b21-14-. The number of hydrogen-bond acceptors (Lipinski definition) is 5. The second kappa shape index (κ2) is 6.78. The lowest BCUT2D eigenvalue weighted by molar-refractivity contribution is -0.117. The molecular formula is C18H21N5O. The van der Waals surface area contributed by atoms with Crippen LogP contribution < -0.4 is 10.3 Å². The molecule has 1 fully saturated rings. The maximum absolute atomic E-state index is 11.8. The summed E-state index contributed by atoms with van der Waals surface area (Å²) in [5.41, 5.74) is 7.47. The molecule has 124 valence electrons. The Morgan fingerprint density at radius 2 is 1.83 bits per heavy atom. The molecule has 0 radical (unpaired) electrons. The Labute approximate surface area is 141 Å². The molecule has 1 aromatic carbocycles. The van der Waals surface area contributed by atoms with Crippen LogP contribution in [0.3, 0.4) is 0 Å². The van der Waals surface area contributed by atoms with Gasteiger partial charge in [-0.2, -0.15) is 5.10 Å². The number of aromatic nitrogens is 2. The van der Waals surface area contributed by atoms with Crippen molar-refractivity contribution in [3.8, 4) is 0 Å². The van der Waals surface area contributed by atoms with Crippen LogP contribution in [0.4, 0.5) is 11.6 Å². The highest BCUT2D eigenvalue weighted by Crippen LogP contribution is 2.21. The predicted molar refractivity (Wildman–Crippen MR) is 95.4 cm³/mol. The molecule has 0 spiro atoms. The van der Waals surface area contributed by atoms with E-state index in [9.17, 15) is 4.79 Å². The molecule has 0 atom stereocenters. The summed E-state index contributed by atoms with van der Waals surface area (Å²) in [7, 11) is 0. The van der Waals surface area contributed by atoms with Crippen molar-refractivity contribution in [2.45, 2.75) is 33.6 Å². The normalized spacial score (nSPS) is 15.0. The molecule has 2 aromatic rings. The Kier molecular flexibility index (Phi) is 4.55. The Morgan fingerprint density at radius 1 is 1.17 bits per heavy atom. The van der Waals surface area contributed by atoms with Crippen molar-refractivity contribution in [3.63, 3.8) is 0 Å². The van der Waals surface area contributed by atoms with Crippen molar-refractivity contribution in [1.29, 1.82) is 0 Å². The maximum atomic E-state index is 11.8. The van der Waals surface area contributed by atoms with Gasteiger partial charge in [0.05, 0.1) is 5.71 Å². The highest BCUT2D eigenvalue weighted by atomic mass is 16.2. The first-order valence-corrected chi connectivity index (χ1v) is 8.06. The van der Waals surface area contributed by atoms with Gasteiger partial charge in [0.1, 0.15) is 0 Å². The first-order chi connectivity index (χ1) is 11.5. The van der Waals surface area contributed by atoms with Crippen molar-refractivity contribution in [2.24, 2.45) is 5.10 Å². The van der Waals surface area contributed by atoms with Gasteiger partial charge >= 0.3 is 0 Å². The SMILES string of the molecule is C/C(=N/Nc1nc(C)cc(C)n1)c1ccc(N2CCCC2=O)cc1. The summed E-state index contributed by atoms with van der Waals surface area (Å²) < 4.78 is 0. The van der Waals surface area contributed by atoms with E-state index in [0.29, 0.717) is 12.4 Å². The third kappa shape index (κ3) is 3.59. The first kappa shape index (κ1) is 16.1. The lowest BCUT2D eigenvalue weighted by Gasteiger charge is -2.15. The Hall–Kier alpha value is -2.76. The number of hydrazone groups is 1. The minimum absolute atomic E-state index is 0.196. The average molecular weight is 323 g/mol. The average Bonchev–Trinajstić information content (AvgIpc) is 2.98. The summed E-state index contributed by atoms with van der Waals surface area (Å²) in [4.78, 5) is 22.2. The number of amides is 1. The minimum Gasteiger partial charge on any atom is -0.312 e. The monoisotopic (exact) mass is 323 g/mol. The molecule has 24 heavy (non-hydrogen) atoms. The fourth-order valence-corrected chi connectivity index (χ4v) is 2.78. The summed E-state index contributed by atoms with van der Waals surface area (Å²) in [5.74, 6) is 0.688. The Bertz CT molecular complexity index is 762. The van der Waals surface area contributed by atoms with Crippen molar-refractivity contribution >= 4 is 23.3 Å².